The molecule has 0 bridgehead atoms. The number of halogens is 1. The first-order chi connectivity index (χ1) is 10.6. The Morgan fingerprint density at radius 3 is 2.50 bits per heavy atom. The lowest BCUT2D eigenvalue weighted by Gasteiger charge is -2.09. The maximum Gasteiger partial charge on any atom is 0.134 e. The molecule has 1 N–H and O–H groups in total. The van der Waals surface area contributed by atoms with E-state index in [1.165, 1.54) is 11.1 Å². The van der Waals surface area contributed by atoms with Crippen LogP contribution in [0.25, 0.3) is 11.3 Å². The Hall–Kier alpha value is -2.19. The van der Waals surface area contributed by atoms with Gasteiger partial charge in [0.1, 0.15) is 11.5 Å². The lowest BCUT2D eigenvalue weighted by atomic mass is 10.1. The van der Waals surface area contributed by atoms with Crippen LogP contribution in [-0.2, 0) is 6.54 Å². The molecule has 22 heavy (non-hydrogen) atoms. The van der Waals surface area contributed by atoms with Gasteiger partial charge in [-0.2, -0.15) is 0 Å². The highest BCUT2D eigenvalue weighted by Crippen LogP contribution is 2.24. The highest BCUT2D eigenvalue weighted by molar-refractivity contribution is 6.30. The predicted octanol–water partition coefficient (Wildman–Crippen LogP) is 5.83. The molecule has 0 aliphatic heterocycles. The second-order valence-electron chi connectivity index (χ2n) is 5.44. The summed E-state index contributed by atoms with van der Waals surface area (Å²) in [6, 6.07) is 18.0. The number of aryl methyl sites for hydroxylation is 2. The summed E-state index contributed by atoms with van der Waals surface area (Å²) in [5.74, 6) is 1.76. The van der Waals surface area contributed by atoms with Gasteiger partial charge in [-0.1, -0.05) is 23.7 Å². The van der Waals surface area contributed by atoms with Gasteiger partial charge in [0.2, 0.25) is 0 Å². The monoisotopic (exact) mass is 311 g/mol. The van der Waals surface area contributed by atoms with Crippen LogP contribution in [0.1, 0.15) is 16.9 Å². The Balaban J connectivity index is 1.72. The van der Waals surface area contributed by atoms with Crippen molar-refractivity contribution in [1.29, 1.82) is 0 Å². The number of hydrogen-bond donors (Lipinski definition) is 1. The third-order valence-electron chi connectivity index (χ3n) is 3.64. The van der Waals surface area contributed by atoms with Crippen LogP contribution >= 0.6 is 11.6 Å². The van der Waals surface area contributed by atoms with Crippen molar-refractivity contribution in [2.45, 2.75) is 20.4 Å². The summed E-state index contributed by atoms with van der Waals surface area (Å²) >= 11 is 5.91. The fourth-order valence-corrected chi connectivity index (χ4v) is 2.48. The third-order valence-corrected chi connectivity index (χ3v) is 3.89. The Labute approximate surface area is 135 Å². The highest BCUT2D eigenvalue weighted by Gasteiger charge is 2.05. The molecule has 0 saturated carbocycles. The van der Waals surface area contributed by atoms with E-state index < -0.39 is 0 Å². The minimum atomic E-state index is 0.665. The van der Waals surface area contributed by atoms with Crippen molar-refractivity contribution in [3.63, 3.8) is 0 Å². The first kappa shape index (κ1) is 14.7. The van der Waals surface area contributed by atoms with Gasteiger partial charge in [-0.15, -0.1) is 0 Å². The summed E-state index contributed by atoms with van der Waals surface area (Å²) in [4.78, 5) is 0. The Bertz CT molecular complexity index is 774. The molecule has 0 radical (unpaired) electrons. The molecule has 0 aliphatic rings. The molecule has 112 valence electrons. The zero-order valence-corrected chi connectivity index (χ0v) is 13.4. The van der Waals surface area contributed by atoms with Crippen LogP contribution in [0.3, 0.4) is 0 Å². The van der Waals surface area contributed by atoms with Gasteiger partial charge >= 0.3 is 0 Å². The number of hydrogen-bond acceptors (Lipinski definition) is 2. The van der Waals surface area contributed by atoms with Gasteiger partial charge in [0.25, 0.3) is 0 Å². The van der Waals surface area contributed by atoms with Gasteiger partial charge in [-0.3, -0.25) is 0 Å². The zero-order valence-electron chi connectivity index (χ0n) is 12.7. The smallest absolute Gasteiger partial charge is 0.134 e. The predicted molar refractivity (Wildman–Crippen MR) is 92.4 cm³/mol. The van der Waals surface area contributed by atoms with E-state index >= 15 is 0 Å². The van der Waals surface area contributed by atoms with Crippen LogP contribution in [-0.4, -0.2) is 0 Å². The minimum absolute atomic E-state index is 0.665. The molecule has 0 unspecified atom stereocenters. The lowest BCUT2D eigenvalue weighted by molar-refractivity contribution is 0.531. The summed E-state index contributed by atoms with van der Waals surface area (Å²) < 4.78 is 5.90. The SMILES string of the molecule is Cc1ccc(C)c(NCc2ccc(-c3ccc(Cl)cc3)o2)c1. The second-order valence-corrected chi connectivity index (χ2v) is 5.88. The summed E-state index contributed by atoms with van der Waals surface area (Å²) in [7, 11) is 0. The normalized spacial score (nSPS) is 10.7. The quantitative estimate of drug-likeness (QED) is 0.656. The molecule has 3 aromatic rings. The molecule has 1 heterocycles. The average molecular weight is 312 g/mol. The molecule has 2 aromatic carbocycles. The van der Waals surface area contributed by atoms with E-state index in [4.69, 9.17) is 16.0 Å². The van der Waals surface area contributed by atoms with Crippen molar-refractivity contribution in [2.24, 2.45) is 0 Å². The Morgan fingerprint density at radius 1 is 0.955 bits per heavy atom. The van der Waals surface area contributed by atoms with Gasteiger partial charge < -0.3 is 9.73 Å². The highest BCUT2D eigenvalue weighted by atomic mass is 35.5. The zero-order chi connectivity index (χ0) is 15.5. The molecule has 2 nitrogen and oxygen atoms in total. The fourth-order valence-electron chi connectivity index (χ4n) is 2.35. The van der Waals surface area contributed by atoms with E-state index in [-0.39, 0.29) is 0 Å². The van der Waals surface area contributed by atoms with Gasteiger partial charge in [-0.05, 0) is 67.4 Å². The van der Waals surface area contributed by atoms with E-state index in [1.807, 2.05) is 36.4 Å². The van der Waals surface area contributed by atoms with Crippen LogP contribution in [0.4, 0.5) is 5.69 Å². The number of anilines is 1. The van der Waals surface area contributed by atoms with Crippen molar-refractivity contribution < 1.29 is 4.42 Å². The summed E-state index contributed by atoms with van der Waals surface area (Å²) in [5.41, 5.74) is 4.65. The first-order valence-corrected chi connectivity index (χ1v) is 7.65. The molecule has 0 aliphatic carbocycles. The van der Waals surface area contributed by atoms with Crippen molar-refractivity contribution in [1.82, 2.24) is 0 Å². The van der Waals surface area contributed by atoms with Crippen molar-refractivity contribution in [2.75, 3.05) is 5.32 Å². The molecular formula is C19H18ClNO. The molecule has 0 fully saturated rings. The maximum atomic E-state index is 5.91. The summed E-state index contributed by atoms with van der Waals surface area (Å²) in [5, 5.41) is 4.16. The molecule has 3 heteroatoms. The van der Waals surface area contributed by atoms with E-state index in [1.54, 1.807) is 0 Å². The molecule has 3 rings (SSSR count). The van der Waals surface area contributed by atoms with E-state index in [0.29, 0.717) is 6.54 Å². The van der Waals surface area contributed by atoms with E-state index in [2.05, 4.69) is 37.4 Å². The number of benzene rings is 2. The third kappa shape index (κ3) is 3.34. The Morgan fingerprint density at radius 2 is 1.73 bits per heavy atom. The van der Waals surface area contributed by atoms with Crippen LogP contribution in [0.5, 0.6) is 0 Å². The van der Waals surface area contributed by atoms with Crippen LogP contribution in [0.15, 0.2) is 59.0 Å². The number of nitrogens with one attached hydrogen (secondary N) is 1. The van der Waals surface area contributed by atoms with Gasteiger partial charge in [-0.25, -0.2) is 0 Å². The summed E-state index contributed by atoms with van der Waals surface area (Å²) in [6.45, 7) is 4.86. The van der Waals surface area contributed by atoms with Crippen LogP contribution in [0.2, 0.25) is 5.02 Å². The maximum absolute atomic E-state index is 5.91. The number of rotatable bonds is 4. The average Bonchev–Trinajstić information content (AvgIpc) is 2.98. The standard InChI is InChI=1S/C19H18ClNO/c1-13-3-4-14(2)18(11-13)21-12-17-9-10-19(22-17)15-5-7-16(20)8-6-15/h3-11,21H,12H2,1-2H3. The molecule has 0 saturated heterocycles. The molecule has 0 amide bonds. The van der Waals surface area contributed by atoms with Crippen molar-refractivity contribution in [3.8, 4) is 11.3 Å². The lowest BCUT2D eigenvalue weighted by Crippen LogP contribution is -2.00. The van der Waals surface area contributed by atoms with E-state index in [0.717, 1.165) is 27.8 Å². The van der Waals surface area contributed by atoms with Gasteiger partial charge in [0, 0.05) is 16.3 Å². The molecule has 1 aromatic heterocycles. The van der Waals surface area contributed by atoms with Gasteiger partial charge in [0.15, 0.2) is 0 Å². The fraction of sp³-hybridized carbons (Fsp3) is 0.158. The Kier molecular flexibility index (Phi) is 4.21. The van der Waals surface area contributed by atoms with Crippen molar-refractivity contribution in [3.05, 3.63) is 76.5 Å². The molecule has 0 spiro atoms. The molecular weight excluding hydrogens is 294 g/mol. The van der Waals surface area contributed by atoms with Crippen molar-refractivity contribution >= 4 is 17.3 Å². The van der Waals surface area contributed by atoms with E-state index in [9.17, 15) is 0 Å². The first-order valence-electron chi connectivity index (χ1n) is 7.27. The van der Waals surface area contributed by atoms with Gasteiger partial charge in [0.05, 0.1) is 6.54 Å². The minimum Gasteiger partial charge on any atom is -0.459 e. The molecule has 0 atom stereocenters. The largest absolute Gasteiger partial charge is 0.459 e. The number of furan rings is 1. The summed E-state index contributed by atoms with van der Waals surface area (Å²) in [6.07, 6.45) is 0. The second kappa shape index (κ2) is 6.29. The van der Waals surface area contributed by atoms with Crippen LogP contribution in [0, 0.1) is 13.8 Å². The van der Waals surface area contributed by atoms with Crippen LogP contribution < -0.4 is 5.32 Å². The topological polar surface area (TPSA) is 25.2 Å².